The Labute approximate surface area is 141 Å². The molecule has 4 nitrogen and oxygen atoms in total. The molecule has 1 aromatic heterocycles. The summed E-state index contributed by atoms with van der Waals surface area (Å²) < 4.78 is 37.3. The molecule has 1 unspecified atom stereocenters. The molecule has 0 saturated carbocycles. The third kappa shape index (κ3) is 2.74. The lowest BCUT2D eigenvalue weighted by Gasteiger charge is -2.20. The second kappa shape index (κ2) is 5.63. The van der Waals surface area contributed by atoms with E-state index in [1.807, 2.05) is 6.07 Å². The van der Waals surface area contributed by atoms with E-state index >= 15 is 0 Å². The molecule has 1 N–H and O–H groups in total. The standard InChI is InChI=1S/C18H19FN2O2S/c1-24(22,23)14-5-2-11(3-6-14)16-8-12(10-20-18(16)19)15-9-13-4-7-17(15)21-13/h2-3,5-6,8,10,13,15,17,21H,4,7,9H2,1H3/t13-,15?,17+/m0/s1. The van der Waals surface area contributed by atoms with Crippen molar-refractivity contribution in [3.8, 4) is 11.1 Å². The van der Waals surface area contributed by atoms with Gasteiger partial charge in [0.15, 0.2) is 9.84 Å². The van der Waals surface area contributed by atoms with E-state index in [4.69, 9.17) is 0 Å². The van der Waals surface area contributed by atoms with Crippen LogP contribution in [0.2, 0.25) is 0 Å². The summed E-state index contributed by atoms with van der Waals surface area (Å²) in [6, 6.07) is 9.19. The summed E-state index contributed by atoms with van der Waals surface area (Å²) in [4.78, 5) is 4.17. The van der Waals surface area contributed by atoms with E-state index in [1.165, 1.54) is 18.6 Å². The number of fused-ring (bicyclic) bond motifs is 2. The number of sulfone groups is 1. The van der Waals surface area contributed by atoms with Crippen molar-refractivity contribution in [1.29, 1.82) is 0 Å². The fourth-order valence-electron chi connectivity index (χ4n) is 3.94. The maximum atomic E-state index is 14.2. The van der Waals surface area contributed by atoms with Crippen molar-refractivity contribution in [3.05, 3.63) is 48.0 Å². The van der Waals surface area contributed by atoms with Crippen LogP contribution in [-0.4, -0.2) is 31.7 Å². The molecule has 2 fully saturated rings. The quantitative estimate of drug-likeness (QED) is 0.868. The zero-order valence-electron chi connectivity index (χ0n) is 13.4. The smallest absolute Gasteiger partial charge is 0.220 e. The van der Waals surface area contributed by atoms with Crippen LogP contribution in [-0.2, 0) is 9.84 Å². The number of hydrogen-bond acceptors (Lipinski definition) is 4. The zero-order valence-corrected chi connectivity index (χ0v) is 14.2. The van der Waals surface area contributed by atoms with E-state index in [0.717, 1.165) is 24.7 Å². The number of rotatable bonds is 3. The van der Waals surface area contributed by atoms with E-state index in [-0.39, 0.29) is 4.90 Å². The van der Waals surface area contributed by atoms with E-state index in [0.29, 0.717) is 29.1 Å². The van der Waals surface area contributed by atoms with Crippen molar-refractivity contribution in [2.45, 2.75) is 42.2 Å². The number of nitrogens with one attached hydrogen (secondary N) is 1. The molecular weight excluding hydrogens is 327 g/mol. The third-order valence-corrected chi connectivity index (χ3v) is 6.31. The summed E-state index contributed by atoms with van der Waals surface area (Å²) in [6.45, 7) is 0. The third-order valence-electron chi connectivity index (χ3n) is 5.18. The maximum absolute atomic E-state index is 14.2. The first-order chi connectivity index (χ1) is 11.4. The number of pyridine rings is 1. The van der Waals surface area contributed by atoms with Crippen LogP contribution in [0.3, 0.4) is 0 Å². The maximum Gasteiger partial charge on any atom is 0.220 e. The Morgan fingerprint density at radius 3 is 2.54 bits per heavy atom. The Hall–Kier alpha value is -1.79. The molecular formula is C18H19FN2O2S. The van der Waals surface area contributed by atoms with Crippen LogP contribution < -0.4 is 5.32 Å². The van der Waals surface area contributed by atoms with Crippen LogP contribution in [0.25, 0.3) is 11.1 Å². The van der Waals surface area contributed by atoms with Crippen molar-refractivity contribution < 1.29 is 12.8 Å². The fraction of sp³-hybridized carbons (Fsp3) is 0.389. The van der Waals surface area contributed by atoms with Gasteiger partial charge in [-0.1, -0.05) is 12.1 Å². The molecule has 6 heteroatoms. The van der Waals surface area contributed by atoms with Crippen molar-refractivity contribution in [1.82, 2.24) is 10.3 Å². The van der Waals surface area contributed by atoms with Crippen LogP contribution in [0.4, 0.5) is 4.39 Å². The molecule has 0 radical (unpaired) electrons. The Morgan fingerprint density at radius 2 is 1.96 bits per heavy atom. The predicted molar refractivity (Wildman–Crippen MR) is 90.0 cm³/mol. The van der Waals surface area contributed by atoms with Crippen molar-refractivity contribution in [2.24, 2.45) is 0 Å². The molecule has 24 heavy (non-hydrogen) atoms. The van der Waals surface area contributed by atoms with Gasteiger partial charge in [0.25, 0.3) is 0 Å². The van der Waals surface area contributed by atoms with Crippen LogP contribution in [0.15, 0.2) is 41.4 Å². The van der Waals surface area contributed by atoms with E-state index in [2.05, 4.69) is 10.3 Å². The highest BCUT2D eigenvalue weighted by atomic mass is 32.2. The summed E-state index contributed by atoms with van der Waals surface area (Å²) in [5, 5.41) is 3.59. The molecule has 2 saturated heterocycles. The molecule has 126 valence electrons. The largest absolute Gasteiger partial charge is 0.311 e. The van der Waals surface area contributed by atoms with Gasteiger partial charge in [-0.2, -0.15) is 4.39 Å². The first-order valence-corrected chi connectivity index (χ1v) is 10.0. The Bertz CT molecular complexity index is 880. The summed E-state index contributed by atoms with van der Waals surface area (Å²) in [5.41, 5.74) is 2.12. The molecule has 0 spiro atoms. The summed E-state index contributed by atoms with van der Waals surface area (Å²) in [6.07, 6.45) is 6.24. The molecule has 2 aliphatic rings. The van der Waals surface area contributed by atoms with Gasteiger partial charge in [-0.25, -0.2) is 13.4 Å². The van der Waals surface area contributed by atoms with Gasteiger partial charge < -0.3 is 5.32 Å². The average Bonchev–Trinajstić information content (AvgIpc) is 3.18. The van der Waals surface area contributed by atoms with Gasteiger partial charge in [-0.3, -0.25) is 0 Å². The second-order valence-electron chi connectivity index (χ2n) is 6.79. The summed E-state index contributed by atoms with van der Waals surface area (Å²) in [5.74, 6) is -0.145. The van der Waals surface area contributed by atoms with E-state index in [1.54, 1.807) is 18.3 Å². The van der Waals surface area contributed by atoms with Gasteiger partial charge >= 0.3 is 0 Å². The van der Waals surface area contributed by atoms with Gasteiger partial charge in [0.1, 0.15) is 0 Å². The molecule has 3 heterocycles. The lowest BCUT2D eigenvalue weighted by atomic mass is 9.84. The summed E-state index contributed by atoms with van der Waals surface area (Å²) >= 11 is 0. The van der Waals surface area contributed by atoms with Crippen LogP contribution >= 0.6 is 0 Å². The highest BCUT2D eigenvalue weighted by Gasteiger charge is 2.40. The summed E-state index contributed by atoms with van der Waals surface area (Å²) in [7, 11) is -3.26. The fourth-order valence-corrected chi connectivity index (χ4v) is 4.57. The van der Waals surface area contributed by atoms with Crippen molar-refractivity contribution >= 4 is 9.84 Å². The number of aromatic nitrogens is 1. The lowest BCUT2D eigenvalue weighted by molar-refractivity contribution is 0.502. The van der Waals surface area contributed by atoms with Crippen LogP contribution in [0, 0.1) is 5.95 Å². The SMILES string of the molecule is CS(=O)(=O)c1ccc(-c2cc(C3C[C@@H]4CC[C@H]3N4)cnc2F)cc1. The first-order valence-electron chi connectivity index (χ1n) is 8.14. The van der Waals surface area contributed by atoms with Gasteiger partial charge in [0.05, 0.1) is 4.90 Å². The Kier molecular flexibility index (Phi) is 3.69. The number of hydrogen-bond donors (Lipinski definition) is 1. The minimum absolute atomic E-state index is 0.230. The number of halogens is 1. The van der Waals surface area contributed by atoms with E-state index in [9.17, 15) is 12.8 Å². The Balaban J connectivity index is 1.69. The molecule has 2 aromatic rings. The molecule has 0 aliphatic carbocycles. The first kappa shape index (κ1) is 15.7. The molecule has 4 rings (SSSR count). The van der Waals surface area contributed by atoms with Crippen LogP contribution in [0.1, 0.15) is 30.7 Å². The lowest BCUT2D eigenvalue weighted by Crippen LogP contribution is -2.21. The number of benzene rings is 1. The minimum Gasteiger partial charge on any atom is -0.311 e. The second-order valence-corrected chi connectivity index (χ2v) is 8.81. The van der Waals surface area contributed by atoms with Crippen molar-refractivity contribution in [2.75, 3.05) is 6.26 Å². The molecule has 1 aromatic carbocycles. The topological polar surface area (TPSA) is 59.1 Å². The molecule has 0 amide bonds. The zero-order chi connectivity index (χ0) is 16.9. The normalized spacial score (nSPS) is 26.0. The molecule has 2 aliphatic heterocycles. The van der Waals surface area contributed by atoms with Gasteiger partial charge in [0.2, 0.25) is 5.95 Å². The number of nitrogens with zero attached hydrogens (tertiary/aromatic N) is 1. The monoisotopic (exact) mass is 346 g/mol. The van der Waals surface area contributed by atoms with Gasteiger partial charge in [-0.05, 0) is 48.6 Å². The van der Waals surface area contributed by atoms with Crippen LogP contribution in [0.5, 0.6) is 0 Å². The predicted octanol–water partition coefficient (Wildman–Crippen LogP) is 2.90. The molecule has 3 atom stereocenters. The minimum atomic E-state index is -3.26. The highest BCUT2D eigenvalue weighted by molar-refractivity contribution is 7.90. The Morgan fingerprint density at radius 1 is 1.21 bits per heavy atom. The van der Waals surface area contributed by atoms with Gasteiger partial charge in [-0.15, -0.1) is 0 Å². The van der Waals surface area contributed by atoms with Crippen molar-refractivity contribution in [3.63, 3.8) is 0 Å². The highest BCUT2D eigenvalue weighted by Crippen LogP contribution is 2.40. The average molecular weight is 346 g/mol. The van der Waals surface area contributed by atoms with Gasteiger partial charge in [0, 0.05) is 36.0 Å². The molecule has 2 bridgehead atoms. The van der Waals surface area contributed by atoms with E-state index < -0.39 is 15.8 Å².